The van der Waals surface area contributed by atoms with E-state index in [-0.39, 0.29) is 23.4 Å². The van der Waals surface area contributed by atoms with Gasteiger partial charge in [0.2, 0.25) is 10.0 Å². The molecule has 1 saturated heterocycles. The van der Waals surface area contributed by atoms with Crippen LogP contribution >= 0.6 is 11.6 Å². The van der Waals surface area contributed by atoms with Crippen molar-refractivity contribution < 1.29 is 27.4 Å². The van der Waals surface area contributed by atoms with E-state index in [0.29, 0.717) is 30.6 Å². The summed E-state index contributed by atoms with van der Waals surface area (Å²) in [7, 11) is -3.91. The molecule has 0 unspecified atom stereocenters. The summed E-state index contributed by atoms with van der Waals surface area (Å²) in [5, 5.41) is 0.751. The quantitative estimate of drug-likeness (QED) is 0.453. The maximum Gasteiger partial charge on any atom is 0.264 e. The molecule has 5 aliphatic rings. The Morgan fingerprint density at radius 2 is 2.00 bits per heavy atom. The number of amides is 1. The molecule has 1 saturated carbocycles. The van der Waals surface area contributed by atoms with E-state index in [4.69, 9.17) is 25.8 Å². The van der Waals surface area contributed by atoms with Gasteiger partial charge < -0.3 is 19.1 Å². The second-order valence-electron chi connectivity index (χ2n) is 13.0. The Morgan fingerprint density at radius 1 is 1.12 bits per heavy atom. The molecule has 0 aromatic heterocycles. The minimum atomic E-state index is -3.91. The molecule has 42 heavy (non-hydrogen) atoms. The molecule has 7 rings (SSSR count). The molecule has 1 N–H and O–H groups in total. The minimum absolute atomic E-state index is 0.0569. The summed E-state index contributed by atoms with van der Waals surface area (Å²) < 4.78 is 47.3. The highest BCUT2D eigenvalue weighted by atomic mass is 35.5. The van der Waals surface area contributed by atoms with Gasteiger partial charge in [0.15, 0.2) is 0 Å². The van der Waals surface area contributed by atoms with Crippen LogP contribution in [0.4, 0.5) is 5.69 Å². The summed E-state index contributed by atoms with van der Waals surface area (Å²) in [6, 6.07) is 11.5. The number of ether oxygens (including phenoxy) is 3. The SMILES string of the molecule is C[C@H]1CS(=O)(=O)NC(=O)c2ccc3c(c2)N(C[C@@H]2CC[C@H]2[C@H]2C[C@@H](CCO2)O1)C[C@@]1(CCCc2cc(Cl)ccc21)CO3. The summed E-state index contributed by atoms with van der Waals surface area (Å²) in [5.41, 5.74) is 3.48. The molecule has 1 amide bonds. The highest BCUT2D eigenvalue weighted by molar-refractivity contribution is 7.90. The first-order valence-electron chi connectivity index (χ1n) is 15.3. The fourth-order valence-corrected chi connectivity index (χ4v) is 9.36. The van der Waals surface area contributed by atoms with Crippen molar-refractivity contribution >= 4 is 33.2 Å². The smallest absolute Gasteiger partial charge is 0.264 e. The molecule has 226 valence electrons. The summed E-state index contributed by atoms with van der Waals surface area (Å²) in [6.45, 7) is 4.46. The Labute approximate surface area is 253 Å². The first kappa shape index (κ1) is 28.4. The van der Waals surface area contributed by atoms with Crippen LogP contribution in [-0.2, 0) is 31.3 Å². The van der Waals surface area contributed by atoms with E-state index in [1.54, 1.807) is 19.1 Å². The zero-order valence-electron chi connectivity index (χ0n) is 24.0. The molecular formula is C32H39ClN2O6S. The van der Waals surface area contributed by atoms with Gasteiger partial charge in [-0.25, -0.2) is 13.1 Å². The summed E-state index contributed by atoms with van der Waals surface area (Å²) in [5.74, 6) is 0.657. The molecule has 6 atom stereocenters. The molecule has 3 aliphatic heterocycles. The number of nitrogens with zero attached hydrogens (tertiary/aromatic N) is 1. The second-order valence-corrected chi connectivity index (χ2v) is 15.2. The average Bonchev–Trinajstić information content (AvgIpc) is 3.07. The van der Waals surface area contributed by atoms with Crippen LogP contribution in [0.25, 0.3) is 0 Å². The van der Waals surface area contributed by atoms with Gasteiger partial charge in [0.1, 0.15) is 5.75 Å². The minimum Gasteiger partial charge on any atom is -0.490 e. The van der Waals surface area contributed by atoms with Gasteiger partial charge >= 0.3 is 0 Å². The molecule has 2 fully saturated rings. The van der Waals surface area contributed by atoms with E-state index in [0.717, 1.165) is 74.5 Å². The Hall–Kier alpha value is -2.33. The standard InChI is InChI=1S/C32H39ClN2O6S/c1-20-17-42(37,38)34-31(36)22-5-9-29-28(14-22)35(16-23-4-7-26(23)30-15-25(41-20)10-12-39-30)18-32(19-40-29)11-2-3-21-13-24(33)6-8-27(21)32/h5-6,8-9,13-14,20,23,25-26,30H,2-4,7,10-12,15-19H2,1H3,(H,34,36)/t20-,23-,25+,26+,30+,32-/m0/s1. The van der Waals surface area contributed by atoms with E-state index in [1.807, 2.05) is 12.1 Å². The van der Waals surface area contributed by atoms with Crippen molar-refractivity contribution in [1.82, 2.24) is 4.72 Å². The number of sulfonamides is 1. The monoisotopic (exact) mass is 614 g/mol. The third-order valence-electron chi connectivity index (χ3n) is 10.1. The number of halogens is 1. The molecular weight excluding hydrogens is 576 g/mol. The number of anilines is 1. The van der Waals surface area contributed by atoms with E-state index >= 15 is 0 Å². The van der Waals surface area contributed by atoms with Gasteiger partial charge in [-0.05, 0) is 98.7 Å². The number of rotatable bonds is 0. The predicted octanol–water partition coefficient (Wildman–Crippen LogP) is 4.87. The first-order chi connectivity index (χ1) is 20.2. The lowest BCUT2D eigenvalue weighted by atomic mass is 9.67. The largest absolute Gasteiger partial charge is 0.490 e. The maximum absolute atomic E-state index is 13.3. The highest BCUT2D eigenvalue weighted by Gasteiger charge is 2.45. The van der Waals surface area contributed by atoms with E-state index < -0.39 is 22.0 Å². The van der Waals surface area contributed by atoms with Crippen molar-refractivity contribution in [1.29, 1.82) is 0 Å². The van der Waals surface area contributed by atoms with Crippen LogP contribution in [0.15, 0.2) is 36.4 Å². The van der Waals surface area contributed by atoms with Crippen LogP contribution in [0.5, 0.6) is 5.75 Å². The number of fused-ring (bicyclic) bond motifs is 7. The Kier molecular flexibility index (Phi) is 7.44. The lowest BCUT2D eigenvalue weighted by Crippen LogP contribution is -2.51. The second kappa shape index (κ2) is 11.0. The van der Waals surface area contributed by atoms with Crippen LogP contribution in [-0.4, -0.2) is 64.7 Å². The van der Waals surface area contributed by atoms with Gasteiger partial charge in [-0.15, -0.1) is 0 Å². The number of aryl methyl sites for hydroxylation is 1. The summed E-state index contributed by atoms with van der Waals surface area (Å²) in [6.07, 6.45) is 6.28. The summed E-state index contributed by atoms with van der Waals surface area (Å²) >= 11 is 6.41. The first-order valence-corrected chi connectivity index (χ1v) is 17.3. The van der Waals surface area contributed by atoms with Gasteiger partial charge in [-0.3, -0.25) is 4.79 Å². The van der Waals surface area contributed by atoms with Crippen molar-refractivity contribution in [2.45, 2.75) is 75.6 Å². The van der Waals surface area contributed by atoms with Crippen molar-refractivity contribution in [2.75, 3.05) is 37.0 Å². The van der Waals surface area contributed by atoms with Gasteiger partial charge in [-0.1, -0.05) is 17.7 Å². The number of hydrogen-bond donors (Lipinski definition) is 1. The van der Waals surface area contributed by atoms with Gasteiger partial charge in [0.05, 0.1) is 36.4 Å². The fraction of sp³-hybridized carbons (Fsp3) is 0.594. The molecule has 2 aliphatic carbocycles. The lowest BCUT2D eigenvalue weighted by Gasteiger charge is -2.48. The number of hydrogen-bond acceptors (Lipinski definition) is 7. The molecule has 3 heterocycles. The van der Waals surface area contributed by atoms with E-state index in [2.05, 4.69) is 21.8 Å². The highest BCUT2D eigenvalue weighted by Crippen LogP contribution is 2.47. The van der Waals surface area contributed by atoms with Crippen molar-refractivity contribution in [3.8, 4) is 5.75 Å². The fourth-order valence-electron chi connectivity index (χ4n) is 7.99. The molecule has 1 spiro atoms. The van der Waals surface area contributed by atoms with E-state index in [9.17, 15) is 13.2 Å². The number of carbonyl (C=O) groups excluding carboxylic acids is 1. The topological polar surface area (TPSA) is 94.2 Å². The number of nitrogens with one attached hydrogen (secondary N) is 1. The molecule has 8 nitrogen and oxygen atoms in total. The van der Waals surface area contributed by atoms with Gasteiger partial charge in [-0.2, -0.15) is 0 Å². The van der Waals surface area contributed by atoms with Crippen LogP contribution < -0.4 is 14.4 Å². The molecule has 2 aromatic carbocycles. The number of benzene rings is 2. The third-order valence-corrected chi connectivity index (χ3v) is 11.7. The van der Waals surface area contributed by atoms with Crippen LogP contribution in [0, 0.1) is 11.8 Å². The average molecular weight is 615 g/mol. The Bertz CT molecular complexity index is 1480. The van der Waals surface area contributed by atoms with Crippen LogP contribution in [0.3, 0.4) is 0 Å². The Morgan fingerprint density at radius 3 is 2.83 bits per heavy atom. The maximum atomic E-state index is 13.3. The zero-order valence-corrected chi connectivity index (χ0v) is 25.6. The van der Waals surface area contributed by atoms with Crippen molar-refractivity contribution in [3.05, 3.63) is 58.1 Å². The van der Waals surface area contributed by atoms with Gasteiger partial charge in [0, 0.05) is 42.1 Å². The van der Waals surface area contributed by atoms with Crippen LogP contribution in [0.1, 0.15) is 66.9 Å². The normalized spacial score (nSPS) is 34.2. The van der Waals surface area contributed by atoms with Gasteiger partial charge in [0.25, 0.3) is 5.91 Å². The molecule has 10 heteroatoms. The van der Waals surface area contributed by atoms with Crippen molar-refractivity contribution in [2.24, 2.45) is 11.8 Å². The van der Waals surface area contributed by atoms with E-state index in [1.165, 1.54) is 11.1 Å². The molecule has 4 bridgehead atoms. The molecule has 0 radical (unpaired) electrons. The summed E-state index contributed by atoms with van der Waals surface area (Å²) in [4.78, 5) is 15.7. The van der Waals surface area contributed by atoms with Crippen molar-refractivity contribution in [3.63, 3.8) is 0 Å². The predicted molar refractivity (Wildman–Crippen MR) is 161 cm³/mol. The zero-order chi connectivity index (χ0) is 29.1. The Balaban J connectivity index is 1.29. The third kappa shape index (κ3) is 5.42. The number of carbonyl (C=O) groups is 1. The van der Waals surface area contributed by atoms with Crippen LogP contribution in [0.2, 0.25) is 5.02 Å². The molecule has 2 aromatic rings. The lowest BCUT2D eigenvalue weighted by molar-refractivity contribution is -0.126.